The van der Waals surface area contributed by atoms with Crippen molar-refractivity contribution in [3.05, 3.63) is 65.3 Å². The highest BCUT2D eigenvalue weighted by molar-refractivity contribution is 7.13. The van der Waals surface area contributed by atoms with Crippen molar-refractivity contribution in [3.63, 3.8) is 0 Å². The summed E-state index contributed by atoms with van der Waals surface area (Å²) in [5.74, 6) is 0.581. The monoisotopic (exact) mass is 337 g/mol. The summed E-state index contributed by atoms with van der Waals surface area (Å²) >= 11 is 1.59. The van der Waals surface area contributed by atoms with E-state index in [1.54, 1.807) is 17.5 Å². The van der Waals surface area contributed by atoms with Crippen molar-refractivity contribution in [1.29, 1.82) is 0 Å². The molecule has 5 heteroatoms. The molecule has 1 N–H and O–H groups in total. The van der Waals surface area contributed by atoms with Crippen LogP contribution in [0.15, 0.2) is 54.2 Å². The average molecular weight is 337 g/mol. The molecular formula is C19H19N3OS. The van der Waals surface area contributed by atoms with Gasteiger partial charge in [0.05, 0.1) is 11.8 Å². The predicted octanol–water partition coefficient (Wildman–Crippen LogP) is 4.16. The maximum atomic E-state index is 12.9. The number of piperidine rings is 1. The van der Waals surface area contributed by atoms with Gasteiger partial charge in [0.15, 0.2) is 0 Å². The lowest BCUT2D eigenvalue weighted by molar-refractivity contribution is 0.0707. The second-order valence-electron chi connectivity index (χ2n) is 6.19. The van der Waals surface area contributed by atoms with Crippen LogP contribution in [0.2, 0.25) is 0 Å². The molecule has 1 unspecified atom stereocenters. The Bertz CT molecular complexity index is 810. The maximum absolute atomic E-state index is 12.9. The fourth-order valence-corrected chi connectivity index (χ4v) is 4.19. The summed E-state index contributed by atoms with van der Waals surface area (Å²) in [6, 6.07) is 12.5. The lowest BCUT2D eigenvalue weighted by Gasteiger charge is -2.33. The van der Waals surface area contributed by atoms with Gasteiger partial charge in [-0.15, -0.1) is 11.3 Å². The number of benzene rings is 1. The van der Waals surface area contributed by atoms with Crippen LogP contribution in [0.5, 0.6) is 0 Å². The van der Waals surface area contributed by atoms with Gasteiger partial charge >= 0.3 is 0 Å². The zero-order chi connectivity index (χ0) is 16.4. The number of hydrogen-bond acceptors (Lipinski definition) is 3. The van der Waals surface area contributed by atoms with E-state index in [0.717, 1.165) is 41.9 Å². The number of thiophene rings is 1. The summed E-state index contributed by atoms with van der Waals surface area (Å²) in [4.78, 5) is 15.9. The molecule has 0 bridgehead atoms. The van der Waals surface area contributed by atoms with E-state index in [1.807, 2.05) is 28.6 Å². The fourth-order valence-electron chi connectivity index (χ4n) is 3.33. The fraction of sp³-hybridized carbons (Fsp3) is 0.263. The van der Waals surface area contributed by atoms with Crippen LogP contribution in [0.4, 0.5) is 0 Å². The molecule has 1 amide bonds. The highest BCUT2D eigenvalue weighted by atomic mass is 32.1. The molecule has 122 valence electrons. The van der Waals surface area contributed by atoms with E-state index in [4.69, 9.17) is 0 Å². The Morgan fingerprint density at radius 3 is 2.96 bits per heavy atom. The molecule has 1 aliphatic rings. The van der Waals surface area contributed by atoms with Gasteiger partial charge in [0.1, 0.15) is 0 Å². The van der Waals surface area contributed by atoms with Crippen molar-refractivity contribution in [2.24, 2.45) is 0 Å². The van der Waals surface area contributed by atoms with E-state index in [9.17, 15) is 4.79 Å². The van der Waals surface area contributed by atoms with Gasteiger partial charge in [0, 0.05) is 41.0 Å². The lowest BCUT2D eigenvalue weighted by atomic mass is 9.90. The third-order valence-corrected chi connectivity index (χ3v) is 5.59. The summed E-state index contributed by atoms with van der Waals surface area (Å²) in [6.07, 6.45) is 5.85. The standard InChI is InChI=1S/C19H19N3OS/c23-19(16-9-18(24-13-16)17-10-20-21-11-17)22-8-4-7-15(12-22)14-5-2-1-3-6-14/h1-3,5-6,9-11,13,15H,4,7-8,12H2,(H,20,21). The van der Waals surface area contributed by atoms with Gasteiger partial charge in [0.25, 0.3) is 5.91 Å². The van der Waals surface area contributed by atoms with Gasteiger partial charge in [-0.3, -0.25) is 9.89 Å². The molecular weight excluding hydrogens is 318 g/mol. The van der Waals surface area contributed by atoms with Crippen molar-refractivity contribution in [1.82, 2.24) is 15.1 Å². The lowest BCUT2D eigenvalue weighted by Crippen LogP contribution is -2.38. The number of hydrogen-bond donors (Lipinski definition) is 1. The summed E-state index contributed by atoms with van der Waals surface area (Å²) in [7, 11) is 0. The Hall–Kier alpha value is -2.40. The third-order valence-electron chi connectivity index (χ3n) is 4.61. The zero-order valence-electron chi connectivity index (χ0n) is 13.3. The van der Waals surface area contributed by atoms with Crippen molar-refractivity contribution >= 4 is 17.2 Å². The number of aromatic amines is 1. The molecule has 3 aromatic rings. The minimum atomic E-state index is 0.140. The van der Waals surface area contributed by atoms with E-state index >= 15 is 0 Å². The Labute approximate surface area is 145 Å². The largest absolute Gasteiger partial charge is 0.338 e. The topological polar surface area (TPSA) is 49.0 Å². The van der Waals surface area contributed by atoms with Crippen LogP contribution in [0.3, 0.4) is 0 Å². The molecule has 1 aromatic carbocycles. The number of aromatic nitrogens is 2. The first-order valence-electron chi connectivity index (χ1n) is 8.23. The number of carbonyl (C=O) groups is 1. The number of rotatable bonds is 3. The number of likely N-dealkylation sites (tertiary alicyclic amines) is 1. The molecule has 0 aliphatic carbocycles. The van der Waals surface area contributed by atoms with Crippen LogP contribution in [0.1, 0.15) is 34.7 Å². The summed E-state index contributed by atoms with van der Waals surface area (Å²) in [5.41, 5.74) is 3.14. The minimum Gasteiger partial charge on any atom is -0.338 e. The Kier molecular flexibility index (Phi) is 4.17. The van der Waals surface area contributed by atoms with E-state index in [-0.39, 0.29) is 5.91 Å². The van der Waals surface area contributed by atoms with Crippen LogP contribution < -0.4 is 0 Å². The van der Waals surface area contributed by atoms with Crippen LogP contribution >= 0.6 is 11.3 Å². The quantitative estimate of drug-likeness (QED) is 0.780. The first-order valence-corrected chi connectivity index (χ1v) is 9.11. The average Bonchev–Trinajstić information content (AvgIpc) is 3.33. The van der Waals surface area contributed by atoms with Gasteiger partial charge in [-0.1, -0.05) is 30.3 Å². The Morgan fingerprint density at radius 2 is 2.17 bits per heavy atom. The molecule has 24 heavy (non-hydrogen) atoms. The zero-order valence-corrected chi connectivity index (χ0v) is 14.1. The molecule has 1 fully saturated rings. The second kappa shape index (κ2) is 6.61. The molecule has 0 saturated carbocycles. The van der Waals surface area contributed by atoms with Gasteiger partial charge in [-0.25, -0.2) is 0 Å². The molecule has 0 radical (unpaired) electrons. The molecule has 0 spiro atoms. The number of H-pyrrole nitrogens is 1. The summed E-state index contributed by atoms with van der Waals surface area (Å²) in [6.45, 7) is 1.65. The predicted molar refractivity (Wildman–Crippen MR) is 96.2 cm³/mol. The highest BCUT2D eigenvalue weighted by Crippen LogP contribution is 2.30. The SMILES string of the molecule is O=C(c1csc(-c2cn[nH]c2)c1)N1CCCC(c2ccccc2)C1. The Morgan fingerprint density at radius 1 is 1.29 bits per heavy atom. The van der Waals surface area contributed by atoms with E-state index in [1.165, 1.54) is 5.56 Å². The minimum absolute atomic E-state index is 0.140. The van der Waals surface area contributed by atoms with Crippen molar-refractivity contribution in [3.8, 4) is 10.4 Å². The normalized spacial score (nSPS) is 17.8. The highest BCUT2D eigenvalue weighted by Gasteiger charge is 2.26. The molecule has 1 atom stereocenters. The number of amides is 1. The van der Waals surface area contributed by atoms with Gasteiger partial charge < -0.3 is 4.90 Å². The molecule has 4 rings (SSSR count). The van der Waals surface area contributed by atoms with Crippen LogP contribution in [0, 0.1) is 0 Å². The molecule has 2 aromatic heterocycles. The van der Waals surface area contributed by atoms with E-state index in [0.29, 0.717) is 5.92 Å². The van der Waals surface area contributed by atoms with Crippen molar-refractivity contribution < 1.29 is 4.79 Å². The molecule has 1 saturated heterocycles. The van der Waals surface area contributed by atoms with Gasteiger partial charge in [-0.05, 0) is 24.5 Å². The second-order valence-corrected chi connectivity index (χ2v) is 7.10. The van der Waals surface area contributed by atoms with Crippen molar-refractivity contribution in [2.45, 2.75) is 18.8 Å². The third kappa shape index (κ3) is 2.99. The van der Waals surface area contributed by atoms with Crippen LogP contribution in [-0.4, -0.2) is 34.1 Å². The molecule has 3 heterocycles. The van der Waals surface area contributed by atoms with E-state index < -0.39 is 0 Å². The smallest absolute Gasteiger partial charge is 0.254 e. The number of nitrogens with one attached hydrogen (secondary N) is 1. The van der Waals surface area contributed by atoms with Crippen molar-refractivity contribution in [2.75, 3.05) is 13.1 Å². The van der Waals surface area contributed by atoms with Crippen LogP contribution in [0.25, 0.3) is 10.4 Å². The molecule has 4 nitrogen and oxygen atoms in total. The van der Waals surface area contributed by atoms with Crippen LogP contribution in [-0.2, 0) is 0 Å². The maximum Gasteiger partial charge on any atom is 0.254 e. The molecule has 1 aliphatic heterocycles. The van der Waals surface area contributed by atoms with E-state index in [2.05, 4.69) is 34.5 Å². The number of nitrogens with zero attached hydrogens (tertiary/aromatic N) is 2. The first-order chi connectivity index (χ1) is 11.8. The van der Waals surface area contributed by atoms with Gasteiger partial charge in [0.2, 0.25) is 0 Å². The first kappa shape index (κ1) is 15.1. The number of carbonyl (C=O) groups excluding carboxylic acids is 1. The van der Waals surface area contributed by atoms with Gasteiger partial charge in [-0.2, -0.15) is 5.10 Å². The summed E-state index contributed by atoms with van der Waals surface area (Å²) < 4.78 is 0. The Balaban J connectivity index is 1.50. The summed E-state index contributed by atoms with van der Waals surface area (Å²) in [5, 5.41) is 8.74.